The van der Waals surface area contributed by atoms with Crippen LogP contribution in [0.4, 0.5) is 5.69 Å². The summed E-state index contributed by atoms with van der Waals surface area (Å²) >= 11 is 1.54. The first kappa shape index (κ1) is 23.5. The van der Waals surface area contributed by atoms with E-state index in [4.69, 9.17) is 9.47 Å². The quantitative estimate of drug-likeness (QED) is 0.286. The maximum atomic E-state index is 12.9. The summed E-state index contributed by atoms with van der Waals surface area (Å²) in [4.78, 5) is 36.7. The average Bonchev–Trinajstić information content (AvgIpc) is 2.66. The van der Waals surface area contributed by atoms with Gasteiger partial charge in [0.2, 0.25) is 0 Å². The molecule has 9 heteroatoms. The summed E-state index contributed by atoms with van der Waals surface area (Å²) in [5, 5.41) is 14.4. The molecular formula is C21H26N2O6S. The van der Waals surface area contributed by atoms with Crippen LogP contribution in [0.1, 0.15) is 39.2 Å². The Morgan fingerprint density at radius 2 is 1.83 bits per heavy atom. The minimum absolute atomic E-state index is 0.131. The van der Waals surface area contributed by atoms with Gasteiger partial charge < -0.3 is 14.8 Å². The summed E-state index contributed by atoms with van der Waals surface area (Å²) in [6.07, 6.45) is 1.53. The highest BCUT2D eigenvalue weighted by molar-refractivity contribution is 7.98. The highest BCUT2D eigenvalue weighted by Gasteiger charge is 2.38. The normalized spacial score (nSPS) is 16.4. The minimum atomic E-state index is -0.848. The minimum Gasteiger partial charge on any atom is -0.461 e. The fraction of sp³-hybridized carbons (Fsp3) is 0.429. The Morgan fingerprint density at radius 1 is 1.20 bits per heavy atom. The molecule has 1 heterocycles. The number of dihydropyridines is 1. The standard InChI is InChI=1S/C21H26N2O6S/c1-12(2)29-21(25)18-14(4)22-13(3)17(20(24)28-9-10-30-5)19(18)15-7-6-8-16(11-15)23(26)27/h6-8,11-12,19,22H,9-10H2,1-5H3. The second-order valence-electron chi connectivity index (χ2n) is 7.07. The largest absolute Gasteiger partial charge is 0.461 e. The lowest BCUT2D eigenvalue weighted by Gasteiger charge is -2.30. The van der Waals surface area contributed by atoms with Gasteiger partial charge in [-0.05, 0) is 39.5 Å². The number of hydrogen-bond acceptors (Lipinski definition) is 8. The maximum Gasteiger partial charge on any atom is 0.337 e. The molecule has 30 heavy (non-hydrogen) atoms. The van der Waals surface area contributed by atoms with Gasteiger partial charge in [0.15, 0.2) is 0 Å². The number of rotatable bonds is 8. The number of hydrogen-bond donors (Lipinski definition) is 1. The number of esters is 2. The fourth-order valence-corrected chi connectivity index (χ4v) is 3.51. The van der Waals surface area contributed by atoms with Crippen molar-refractivity contribution in [3.05, 3.63) is 62.5 Å². The summed E-state index contributed by atoms with van der Waals surface area (Å²) in [5.74, 6) is -1.38. The van der Waals surface area contributed by atoms with E-state index in [0.717, 1.165) is 0 Å². The molecule has 162 valence electrons. The molecule has 0 aliphatic carbocycles. The van der Waals surface area contributed by atoms with Gasteiger partial charge in [0.25, 0.3) is 5.69 Å². The molecular weight excluding hydrogens is 408 g/mol. The van der Waals surface area contributed by atoms with E-state index >= 15 is 0 Å². The second-order valence-corrected chi connectivity index (χ2v) is 8.06. The Labute approximate surface area is 179 Å². The summed E-state index contributed by atoms with van der Waals surface area (Å²) in [7, 11) is 0. The van der Waals surface area contributed by atoms with Crippen LogP contribution in [0.5, 0.6) is 0 Å². The van der Waals surface area contributed by atoms with Gasteiger partial charge in [-0.3, -0.25) is 10.1 Å². The van der Waals surface area contributed by atoms with Gasteiger partial charge in [0.05, 0.1) is 28.1 Å². The number of nitro benzene ring substituents is 1. The molecule has 1 N–H and O–H groups in total. The van der Waals surface area contributed by atoms with Gasteiger partial charge in [-0.2, -0.15) is 11.8 Å². The first-order valence-electron chi connectivity index (χ1n) is 9.47. The Morgan fingerprint density at radius 3 is 2.40 bits per heavy atom. The number of benzene rings is 1. The number of carbonyl (C=O) groups is 2. The molecule has 0 saturated heterocycles. The second kappa shape index (κ2) is 10.3. The summed E-state index contributed by atoms with van der Waals surface area (Å²) in [6.45, 7) is 7.09. The average molecular weight is 435 g/mol. The Bertz CT molecular complexity index is 907. The van der Waals surface area contributed by atoms with Gasteiger partial charge in [0, 0.05) is 29.3 Å². The topological polar surface area (TPSA) is 108 Å². The van der Waals surface area contributed by atoms with Gasteiger partial charge in [0.1, 0.15) is 6.61 Å². The first-order valence-corrected chi connectivity index (χ1v) is 10.9. The third-order valence-electron chi connectivity index (χ3n) is 4.48. The van der Waals surface area contributed by atoms with Crippen LogP contribution in [0.15, 0.2) is 46.8 Å². The Balaban J connectivity index is 2.60. The molecule has 1 atom stereocenters. The van der Waals surface area contributed by atoms with E-state index in [0.29, 0.717) is 22.7 Å². The molecule has 0 spiro atoms. The molecule has 2 rings (SSSR count). The zero-order chi connectivity index (χ0) is 22.4. The van der Waals surface area contributed by atoms with Gasteiger partial charge in [-0.1, -0.05) is 12.1 Å². The molecule has 0 amide bonds. The van der Waals surface area contributed by atoms with Crippen LogP contribution in [0, 0.1) is 10.1 Å². The molecule has 0 radical (unpaired) electrons. The van der Waals surface area contributed by atoms with Crippen LogP contribution < -0.4 is 5.32 Å². The smallest absolute Gasteiger partial charge is 0.337 e. The number of nitrogens with one attached hydrogen (secondary N) is 1. The number of allylic oxidation sites excluding steroid dienone is 2. The number of carbonyl (C=O) groups excluding carboxylic acids is 2. The zero-order valence-electron chi connectivity index (χ0n) is 17.7. The van der Waals surface area contributed by atoms with Crippen molar-refractivity contribution >= 4 is 29.4 Å². The van der Waals surface area contributed by atoms with Crippen LogP contribution in [0.3, 0.4) is 0 Å². The fourth-order valence-electron chi connectivity index (χ4n) is 3.26. The number of non-ortho nitro benzene ring substituents is 1. The van der Waals surface area contributed by atoms with E-state index in [2.05, 4.69) is 5.32 Å². The Kier molecular flexibility index (Phi) is 8.05. The summed E-state index contributed by atoms with van der Waals surface area (Å²) in [5.41, 5.74) is 1.82. The first-order chi connectivity index (χ1) is 14.2. The number of nitro groups is 1. The number of ether oxygens (including phenoxy) is 2. The maximum absolute atomic E-state index is 12.9. The predicted octanol–water partition coefficient (Wildman–Crippen LogP) is 3.69. The van der Waals surface area contributed by atoms with Crippen molar-refractivity contribution in [2.24, 2.45) is 0 Å². The third kappa shape index (κ3) is 5.41. The third-order valence-corrected chi connectivity index (χ3v) is 5.05. The molecule has 8 nitrogen and oxygen atoms in total. The van der Waals surface area contributed by atoms with Crippen LogP contribution in [-0.4, -0.2) is 41.6 Å². The molecule has 1 aromatic rings. The lowest BCUT2D eigenvalue weighted by molar-refractivity contribution is -0.384. The van der Waals surface area contributed by atoms with E-state index in [1.807, 2.05) is 6.26 Å². The molecule has 0 fully saturated rings. The van der Waals surface area contributed by atoms with Gasteiger partial charge in [-0.15, -0.1) is 0 Å². The highest BCUT2D eigenvalue weighted by Crippen LogP contribution is 2.40. The summed E-state index contributed by atoms with van der Waals surface area (Å²) < 4.78 is 10.8. The number of nitrogens with zero attached hydrogens (tertiary/aromatic N) is 1. The van der Waals surface area contributed by atoms with E-state index in [-0.39, 0.29) is 29.5 Å². The van der Waals surface area contributed by atoms with E-state index in [1.54, 1.807) is 33.8 Å². The highest BCUT2D eigenvalue weighted by atomic mass is 32.2. The lowest BCUT2D eigenvalue weighted by atomic mass is 9.80. The van der Waals surface area contributed by atoms with Gasteiger partial charge >= 0.3 is 11.9 Å². The molecule has 0 aromatic heterocycles. The molecule has 1 aromatic carbocycles. The summed E-state index contributed by atoms with van der Waals surface area (Å²) in [6, 6.07) is 5.91. The Hall–Kier alpha value is -2.81. The van der Waals surface area contributed by atoms with Crippen molar-refractivity contribution in [1.29, 1.82) is 0 Å². The van der Waals surface area contributed by atoms with Crippen LogP contribution in [0.25, 0.3) is 0 Å². The van der Waals surface area contributed by atoms with Crippen molar-refractivity contribution < 1.29 is 24.0 Å². The van der Waals surface area contributed by atoms with E-state index in [1.165, 1.54) is 30.0 Å². The molecule has 0 bridgehead atoms. The zero-order valence-corrected chi connectivity index (χ0v) is 18.5. The van der Waals surface area contributed by atoms with Crippen LogP contribution in [0.2, 0.25) is 0 Å². The van der Waals surface area contributed by atoms with Crippen LogP contribution >= 0.6 is 11.8 Å². The number of thioether (sulfide) groups is 1. The molecule has 1 aliphatic heterocycles. The lowest BCUT2D eigenvalue weighted by Crippen LogP contribution is -2.33. The monoisotopic (exact) mass is 434 g/mol. The van der Waals surface area contributed by atoms with Crippen molar-refractivity contribution in [3.63, 3.8) is 0 Å². The molecule has 0 saturated carbocycles. The van der Waals surface area contributed by atoms with Gasteiger partial charge in [-0.25, -0.2) is 9.59 Å². The van der Waals surface area contributed by atoms with E-state index in [9.17, 15) is 19.7 Å². The van der Waals surface area contributed by atoms with Crippen LogP contribution in [-0.2, 0) is 19.1 Å². The van der Waals surface area contributed by atoms with Crippen molar-refractivity contribution in [3.8, 4) is 0 Å². The van der Waals surface area contributed by atoms with E-state index < -0.39 is 22.8 Å². The SMILES string of the molecule is CSCCOC(=O)C1=C(C)NC(C)=C(C(=O)OC(C)C)C1c1cccc([N+](=O)[O-])c1. The predicted molar refractivity (Wildman–Crippen MR) is 115 cm³/mol. The molecule has 1 unspecified atom stereocenters. The molecule has 1 aliphatic rings. The van der Waals surface area contributed by atoms with Crippen molar-refractivity contribution in [2.45, 2.75) is 39.7 Å². The van der Waals surface area contributed by atoms with Crippen molar-refractivity contribution in [2.75, 3.05) is 18.6 Å². The van der Waals surface area contributed by atoms with Crippen molar-refractivity contribution in [1.82, 2.24) is 5.32 Å².